The molecule has 0 aliphatic carbocycles. The molecule has 1 heterocycles. The minimum atomic E-state index is -3.84. The molecule has 1 unspecified atom stereocenters. The van der Waals surface area contributed by atoms with Crippen LogP contribution in [0.2, 0.25) is 0 Å². The standard InChI is InChI=1S/C19H21NO4S/c1-12-5-4-6-17(13(12)2)25(22,23)19-18(21)16-8-7-15(24-3)11-14(16)9-10-20-19/h4-8,11,19-20H,9-10H2,1-3H3. The second-order valence-electron chi connectivity index (χ2n) is 6.21. The number of carbonyl (C=O) groups is 1. The smallest absolute Gasteiger partial charge is 0.202 e. The first-order chi connectivity index (χ1) is 11.9. The maximum atomic E-state index is 13.1. The van der Waals surface area contributed by atoms with Crippen LogP contribution in [0.3, 0.4) is 0 Å². The summed E-state index contributed by atoms with van der Waals surface area (Å²) in [5, 5.41) is 1.65. The topological polar surface area (TPSA) is 72.5 Å². The summed E-state index contributed by atoms with van der Waals surface area (Å²) in [6.07, 6.45) is 0.567. The highest BCUT2D eigenvalue weighted by Gasteiger charge is 2.37. The number of ether oxygens (including phenoxy) is 1. The van der Waals surface area contributed by atoms with Gasteiger partial charge in [-0.15, -0.1) is 0 Å². The van der Waals surface area contributed by atoms with Crippen LogP contribution in [-0.2, 0) is 16.3 Å². The Labute approximate surface area is 147 Å². The lowest BCUT2D eigenvalue weighted by Gasteiger charge is -2.18. The van der Waals surface area contributed by atoms with Gasteiger partial charge in [0, 0.05) is 12.1 Å². The summed E-state index contributed by atoms with van der Waals surface area (Å²) in [5.74, 6) is 0.235. The van der Waals surface area contributed by atoms with Crippen molar-refractivity contribution >= 4 is 15.6 Å². The molecule has 3 rings (SSSR count). The number of hydrogen-bond acceptors (Lipinski definition) is 5. The van der Waals surface area contributed by atoms with Gasteiger partial charge in [-0.2, -0.15) is 0 Å². The van der Waals surface area contributed by atoms with E-state index < -0.39 is 21.0 Å². The highest BCUT2D eigenvalue weighted by Crippen LogP contribution is 2.27. The fourth-order valence-corrected chi connectivity index (χ4v) is 4.98. The van der Waals surface area contributed by atoms with Crippen LogP contribution in [0.1, 0.15) is 27.0 Å². The van der Waals surface area contributed by atoms with E-state index >= 15 is 0 Å². The van der Waals surface area contributed by atoms with Crippen LogP contribution < -0.4 is 10.1 Å². The molecule has 0 spiro atoms. The molecule has 5 nitrogen and oxygen atoms in total. The molecule has 0 bridgehead atoms. The van der Waals surface area contributed by atoms with Gasteiger partial charge in [0.2, 0.25) is 9.84 Å². The van der Waals surface area contributed by atoms with Gasteiger partial charge in [-0.1, -0.05) is 12.1 Å². The summed E-state index contributed by atoms with van der Waals surface area (Å²) >= 11 is 0. The Balaban J connectivity index is 2.07. The fraction of sp³-hybridized carbons (Fsp3) is 0.316. The number of nitrogens with one attached hydrogen (secondary N) is 1. The fourth-order valence-electron chi connectivity index (χ4n) is 3.13. The second-order valence-corrected chi connectivity index (χ2v) is 8.22. The molecule has 25 heavy (non-hydrogen) atoms. The van der Waals surface area contributed by atoms with Gasteiger partial charge in [0.25, 0.3) is 0 Å². The Kier molecular flexibility index (Phi) is 4.67. The summed E-state index contributed by atoms with van der Waals surface area (Å²) in [6.45, 7) is 4.03. The van der Waals surface area contributed by atoms with E-state index in [4.69, 9.17) is 4.74 Å². The van der Waals surface area contributed by atoms with Crippen molar-refractivity contribution in [1.29, 1.82) is 0 Å². The Morgan fingerprint density at radius 2 is 1.92 bits per heavy atom. The third-order valence-corrected chi connectivity index (χ3v) is 6.77. The number of aryl methyl sites for hydroxylation is 1. The van der Waals surface area contributed by atoms with E-state index in [-0.39, 0.29) is 4.90 Å². The number of rotatable bonds is 3. The quantitative estimate of drug-likeness (QED) is 0.911. The number of carbonyl (C=O) groups excluding carboxylic acids is 1. The molecular formula is C19H21NO4S. The molecule has 6 heteroatoms. The SMILES string of the molecule is COc1ccc2c(c1)CCNC(S(=O)(=O)c1cccc(C)c1C)C2=O. The van der Waals surface area contributed by atoms with E-state index in [0.717, 1.165) is 11.1 Å². The molecule has 132 valence electrons. The highest BCUT2D eigenvalue weighted by atomic mass is 32.2. The lowest BCUT2D eigenvalue weighted by atomic mass is 10.0. The van der Waals surface area contributed by atoms with E-state index in [0.29, 0.717) is 29.8 Å². The molecule has 1 N–H and O–H groups in total. The molecule has 0 radical (unpaired) electrons. The van der Waals surface area contributed by atoms with Gasteiger partial charge in [0.1, 0.15) is 5.75 Å². The van der Waals surface area contributed by atoms with Crippen molar-refractivity contribution in [1.82, 2.24) is 5.32 Å². The van der Waals surface area contributed by atoms with Crippen molar-refractivity contribution in [3.8, 4) is 5.75 Å². The highest BCUT2D eigenvalue weighted by molar-refractivity contribution is 7.92. The van der Waals surface area contributed by atoms with Crippen molar-refractivity contribution in [3.05, 3.63) is 58.7 Å². The van der Waals surface area contributed by atoms with Crippen molar-refractivity contribution < 1.29 is 17.9 Å². The molecule has 0 saturated carbocycles. The minimum absolute atomic E-state index is 0.204. The predicted molar refractivity (Wildman–Crippen MR) is 95.9 cm³/mol. The number of Topliss-reactive ketones (excluding diaryl/α,β-unsaturated/α-hetero) is 1. The zero-order valence-corrected chi connectivity index (χ0v) is 15.3. The number of hydrogen-bond donors (Lipinski definition) is 1. The van der Waals surface area contributed by atoms with Crippen molar-refractivity contribution in [3.63, 3.8) is 0 Å². The summed E-state index contributed by atoms with van der Waals surface area (Å²) in [7, 11) is -2.28. The lowest BCUT2D eigenvalue weighted by molar-refractivity contribution is 0.0978. The maximum absolute atomic E-state index is 13.1. The molecule has 2 aromatic carbocycles. The molecule has 1 aliphatic heterocycles. The van der Waals surface area contributed by atoms with Gasteiger partial charge in [0.15, 0.2) is 11.2 Å². The van der Waals surface area contributed by atoms with Crippen LogP contribution in [0.25, 0.3) is 0 Å². The molecule has 1 aliphatic rings. The second kappa shape index (κ2) is 6.61. The first-order valence-corrected chi connectivity index (χ1v) is 9.65. The molecule has 0 aromatic heterocycles. The van der Waals surface area contributed by atoms with Crippen LogP contribution in [0, 0.1) is 13.8 Å². The van der Waals surface area contributed by atoms with Crippen molar-refractivity contribution in [2.75, 3.05) is 13.7 Å². The summed E-state index contributed by atoms with van der Waals surface area (Å²) in [4.78, 5) is 13.2. The Hall–Kier alpha value is -2.18. The number of fused-ring (bicyclic) bond motifs is 1. The molecular weight excluding hydrogens is 338 g/mol. The third-order valence-electron chi connectivity index (χ3n) is 4.71. The monoisotopic (exact) mass is 359 g/mol. The number of sulfone groups is 1. The molecule has 0 amide bonds. The summed E-state index contributed by atoms with van der Waals surface area (Å²) < 4.78 is 31.5. The number of ketones is 1. The molecule has 0 saturated heterocycles. The van der Waals surface area contributed by atoms with Crippen molar-refractivity contribution in [2.24, 2.45) is 0 Å². The summed E-state index contributed by atoms with van der Waals surface area (Å²) in [6, 6.07) is 10.3. The minimum Gasteiger partial charge on any atom is -0.497 e. The number of methoxy groups -OCH3 is 1. The molecule has 2 aromatic rings. The third kappa shape index (κ3) is 3.07. The van der Waals surface area contributed by atoms with Crippen LogP contribution in [0.5, 0.6) is 5.75 Å². The Morgan fingerprint density at radius 1 is 1.16 bits per heavy atom. The summed E-state index contributed by atoms with van der Waals surface area (Å²) in [5.41, 5.74) is 2.80. The number of benzene rings is 2. The molecule has 0 fully saturated rings. The molecule has 1 atom stereocenters. The van der Waals surface area contributed by atoms with Crippen LogP contribution in [-0.4, -0.2) is 33.2 Å². The lowest BCUT2D eigenvalue weighted by Crippen LogP contribution is -2.43. The van der Waals surface area contributed by atoms with E-state index in [1.165, 1.54) is 0 Å². The first-order valence-electron chi connectivity index (χ1n) is 8.11. The van der Waals surface area contributed by atoms with Gasteiger partial charge in [-0.25, -0.2) is 8.42 Å². The van der Waals surface area contributed by atoms with E-state index in [1.54, 1.807) is 44.4 Å². The predicted octanol–water partition coefficient (Wildman–Crippen LogP) is 2.44. The van der Waals surface area contributed by atoms with E-state index in [2.05, 4.69) is 5.32 Å². The van der Waals surface area contributed by atoms with Crippen LogP contribution >= 0.6 is 0 Å². The average molecular weight is 359 g/mol. The largest absolute Gasteiger partial charge is 0.497 e. The zero-order valence-electron chi connectivity index (χ0n) is 14.5. The average Bonchev–Trinajstić information content (AvgIpc) is 2.76. The van der Waals surface area contributed by atoms with E-state index in [9.17, 15) is 13.2 Å². The van der Waals surface area contributed by atoms with Crippen molar-refractivity contribution in [2.45, 2.75) is 30.5 Å². The van der Waals surface area contributed by atoms with Crippen LogP contribution in [0.15, 0.2) is 41.3 Å². The van der Waals surface area contributed by atoms with Gasteiger partial charge >= 0.3 is 0 Å². The maximum Gasteiger partial charge on any atom is 0.202 e. The Morgan fingerprint density at radius 3 is 2.64 bits per heavy atom. The first kappa shape index (κ1) is 17.6. The normalized spacial score (nSPS) is 17.7. The van der Waals surface area contributed by atoms with Gasteiger partial charge in [-0.3, -0.25) is 10.1 Å². The Bertz CT molecular complexity index is 934. The van der Waals surface area contributed by atoms with Gasteiger partial charge in [0.05, 0.1) is 12.0 Å². The van der Waals surface area contributed by atoms with E-state index in [1.807, 2.05) is 13.0 Å². The van der Waals surface area contributed by atoms with Gasteiger partial charge < -0.3 is 4.74 Å². The van der Waals surface area contributed by atoms with Gasteiger partial charge in [-0.05, 0) is 61.2 Å². The zero-order chi connectivity index (χ0) is 18.2. The van der Waals surface area contributed by atoms with Crippen LogP contribution in [0.4, 0.5) is 0 Å².